The minimum absolute atomic E-state index is 0.0858. The number of benzene rings is 1. The van der Waals surface area contributed by atoms with Gasteiger partial charge in [-0.25, -0.2) is 4.79 Å². The van der Waals surface area contributed by atoms with Gasteiger partial charge in [-0.2, -0.15) is 22.6 Å². The van der Waals surface area contributed by atoms with Crippen molar-refractivity contribution in [3.8, 4) is 17.2 Å². The zero-order valence-electron chi connectivity index (χ0n) is 16.2. The van der Waals surface area contributed by atoms with Crippen LogP contribution in [0.4, 0.5) is 22.4 Å². The van der Waals surface area contributed by atoms with Gasteiger partial charge in [0.05, 0.1) is 5.69 Å². The molecule has 2 aliphatic rings. The average molecular weight is 445 g/mol. The van der Waals surface area contributed by atoms with E-state index in [9.17, 15) is 22.4 Å². The highest BCUT2D eigenvalue weighted by Gasteiger charge is 2.65. The summed E-state index contributed by atoms with van der Waals surface area (Å²) in [4.78, 5) is 19.8. The van der Waals surface area contributed by atoms with Gasteiger partial charge in [0.25, 0.3) is 0 Å². The molecule has 1 aromatic heterocycles. The minimum Gasteiger partial charge on any atom is -0.421 e. The van der Waals surface area contributed by atoms with Gasteiger partial charge < -0.3 is 14.4 Å². The largest absolute Gasteiger partial charge is 0.507 e. The van der Waals surface area contributed by atoms with E-state index >= 15 is 0 Å². The molecule has 1 unspecified atom stereocenters. The number of rotatable bonds is 1. The van der Waals surface area contributed by atoms with E-state index in [0.29, 0.717) is 17.0 Å². The lowest BCUT2D eigenvalue weighted by atomic mass is 10.0. The number of halogens is 4. The van der Waals surface area contributed by atoms with E-state index in [1.54, 1.807) is 18.0 Å². The molecule has 1 aromatic carbocycles. The van der Waals surface area contributed by atoms with Gasteiger partial charge in [-0.15, -0.1) is 11.3 Å². The maximum Gasteiger partial charge on any atom is 0.507 e. The first-order chi connectivity index (χ1) is 14.1. The second-order valence-corrected chi connectivity index (χ2v) is 8.51. The van der Waals surface area contributed by atoms with Gasteiger partial charge in [0.15, 0.2) is 16.3 Å². The van der Waals surface area contributed by atoms with E-state index in [4.69, 9.17) is 0 Å². The first-order valence-corrected chi connectivity index (χ1v) is 10.2. The number of carbonyl (C=O) groups is 1. The number of fused-ring (bicyclic) bond motifs is 1. The van der Waals surface area contributed by atoms with Crippen LogP contribution < -0.4 is 14.3 Å². The molecule has 4 rings (SSSR count). The molecule has 0 radical (unpaired) electrons. The Labute approximate surface area is 173 Å². The van der Waals surface area contributed by atoms with Gasteiger partial charge in [-0.3, -0.25) is 4.57 Å². The Kier molecular flexibility index (Phi) is 5.03. The number of nitrogens with zero attached hydrogens (tertiary/aromatic N) is 3. The first-order valence-electron chi connectivity index (χ1n) is 9.40. The highest BCUT2D eigenvalue weighted by Crippen LogP contribution is 2.47. The van der Waals surface area contributed by atoms with Crippen LogP contribution in [0.3, 0.4) is 0 Å². The van der Waals surface area contributed by atoms with Crippen molar-refractivity contribution in [2.75, 3.05) is 6.54 Å². The minimum atomic E-state index is -4.80. The van der Waals surface area contributed by atoms with Crippen molar-refractivity contribution >= 4 is 17.4 Å². The van der Waals surface area contributed by atoms with Crippen molar-refractivity contribution in [3.63, 3.8) is 0 Å². The second-order valence-electron chi connectivity index (χ2n) is 7.30. The zero-order chi connectivity index (χ0) is 21.7. The van der Waals surface area contributed by atoms with Crippen molar-refractivity contribution in [2.24, 2.45) is 4.99 Å². The third kappa shape index (κ3) is 3.66. The van der Waals surface area contributed by atoms with Crippen molar-refractivity contribution in [3.05, 3.63) is 34.1 Å². The molecular weight excluding hydrogens is 426 g/mol. The molecule has 0 saturated carbocycles. The summed E-state index contributed by atoms with van der Waals surface area (Å²) >= 11 is 1.25. The van der Waals surface area contributed by atoms with Crippen LogP contribution in [0.5, 0.6) is 11.5 Å². The molecule has 2 aromatic rings. The zero-order valence-corrected chi connectivity index (χ0v) is 17.0. The standard InChI is InChI=1S/C19H19F4N3O3S/c1-11-5-3-4-8-25(11)16(27)24-17-26(10-12(2)30-17)13-6-7-14-15(9-13)29-19(22,23)18(20,21)28-14/h6-7,9-11H,3-5,8H2,1-2H3/b24-17-. The summed E-state index contributed by atoms with van der Waals surface area (Å²) in [6.07, 6.45) is -5.02. The molecule has 1 saturated heterocycles. The summed E-state index contributed by atoms with van der Waals surface area (Å²) in [5.41, 5.74) is 0.320. The lowest BCUT2D eigenvalue weighted by Crippen LogP contribution is -2.52. The van der Waals surface area contributed by atoms with Crippen LogP contribution in [0.2, 0.25) is 0 Å². The molecule has 0 aliphatic carbocycles. The number of hydrogen-bond acceptors (Lipinski definition) is 4. The van der Waals surface area contributed by atoms with Crippen LogP contribution in [0.1, 0.15) is 31.1 Å². The normalized spacial score (nSPS) is 22.8. The molecule has 6 nitrogen and oxygen atoms in total. The molecule has 11 heteroatoms. The van der Waals surface area contributed by atoms with Crippen LogP contribution in [0.25, 0.3) is 5.69 Å². The van der Waals surface area contributed by atoms with Gasteiger partial charge in [-0.05, 0) is 45.2 Å². The second kappa shape index (κ2) is 7.29. The summed E-state index contributed by atoms with van der Waals surface area (Å²) in [7, 11) is 0. The predicted octanol–water partition coefficient (Wildman–Crippen LogP) is 4.70. The molecule has 1 fully saturated rings. The number of aryl methyl sites for hydroxylation is 1. The van der Waals surface area contributed by atoms with Crippen molar-refractivity contribution in [2.45, 2.75) is 51.4 Å². The van der Waals surface area contributed by atoms with Crippen LogP contribution >= 0.6 is 11.3 Å². The molecule has 2 amide bonds. The topological polar surface area (TPSA) is 56.1 Å². The number of piperidine rings is 1. The molecule has 1 atom stereocenters. The maximum atomic E-state index is 13.5. The predicted molar refractivity (Wildman–Crippen MR) is 101 cm³/mol. The summed E-state index contributed by atoms with van der Waals surface area (Å²) in [6, 6.07) is 3.38. The van der Waals surface area contributed by atoms with Crippen LogP contribution in [0.15, 0.2) is 29.4 Å². The number of alkyl halides is 4. The number of likely N-dealkylation sites (tertiary alicyclic amines) is 1. The molecular formula is C19H19F4N3O3S. The molecule has 0 spiro atoms. The highest BCUT2D eigenvalue weighted by molar-refractivity contribution is 7.09. The Morgan fingerprint density at radius 3 is 2.57 bits per heavy atom. The molecule has 30 heavy (non-hydrogen) atoms. The quantitative estimate of drug-likeness (QED) is 0.598. The lowest BCUT2D eigenvalue weighted by Gasteiger charge is -2.32. The van der Waals surface area contributed by atoms with Crippen LogP contribution in [-0.4, -0.2) is 40.3 Å². The van der Waals surface area contributed by atoms with Crippen LogP contribution in [-0.2, 0) is 0 Å². The van der Waals surface area contributed by atoms with E-state index in [1.165, 1.54) is 22.0 Å². The molecule has 3 heterocycles. The van der Waals surface area contributed by atoms with Crippen molar-refractivity contribution < 1.29 is 31.8 Å². The Morgan fingerprint density at radius 2 is 1.87 bits per heavy atom. The van der Waals surface area contributed by atoms with Gasteiger partial charge in [0.2, 0.25) is 0 Å². The van der Waals surface area contributed by atoms with E-state index in [1.807, 2.05) is 6.92 Å². The lowest BCUT2D eigenvalue weighted by molar-refractivity contribution is -0.391. The number of aromatic nitrogens is 1. The monoisotopic (exact) mass is 445 g/mol. The fourth-order valence-electron chi connectivity index (χ4n) is 3.45. The SMILES string of the molecule is Cc1cn(-c2ccc3c(c2)OC(F)(F)C(F)(F)O3)/c(=N/C(=O)N2CCCCC2C)s1. The number of carbonyl (C=O) groups excluding carboxylic acids is 1. The summed E-state index contributed by atoms with van der Waals surface area (Å²) in [5.74, 6) is -1.03. The number of hydrogen-bond donors (Lipinski definition) is 0. The highest BCUT2D eigenvalue weighted by atomic mass is 32.1. The Balaban J connectivity index is 1.71. The van der Waals surface area contributed by atoms with E-state index in [0.717, 1.165) is 36.3 Å². The fourth-order valence-corrected chi connectivity index (χ4v) is 4.28. The fraction of sp³-hybridized carbons (Fsp3) is 0.474. The van der Waals surface area contributed by atoms with Gasteiger partial charge in [-0.1, -0.05) is 0 Å². The van der Waals surface area contributed by atoms with E-state index in [2.05, 4.69) is 14.5 Å². The van der Waals surface area contributed by atoms with Crippen molar-refractivity contribution in [1.82, 2.24) is 9.47 Å². The van der Waals surface area contributed by atoms with Gasteiger partial charge in [0, 0.05) is 29.7 Å². The molecule has 0 N–H and O–H groups in total. The number of ether oxygens (including phenoxy) is 2. The van der Waals surface area contributed by atoms with Gasteiger partial charge >= 0.3 is 18.2 Å². The first kappa shape index (κ1) is 20.7. The Hall–Kier alpha value is -2.56. The summed E-state index contributed by atoms with van der Waals surface area (Å²) in [5, 5.41) is 0. The Morgan fingerprint density at radius 1 is 1.17 bits per heavy atom. The molecule has 162 valence electrons. The van der Waals surface area contributed by atoms with Crippen LogP contribution in [0, 0.1) is 6.92 Å². The maximum absolute atomic E-state index is 13.5. The van der Waals surface area contributed by atoms with Crippen molar-refractivity contribution in [1.29, 1.82) is 0 Å². The number of thiazole rings is 1. The van der Waals surface area contributed by atoms with E-state index in [-0.39, 0.29) is 12.1 Å². The third-order valence-corrected chi connectivity index (χ3v) is 5.93. The smallest absolute Gasteiger partial charge is 0.421 e. The number of amides is 2. The third-order valence-electron chi connectivity index (χ3n) is 5.03. The summed E-state index contributed by atoms with van der Waals surface area (Å²) < 4.78 is 63.6. The van der Waals surface area contributed by atoms with Gasteiger partial charge in [0.1, 0.15) is 0 Å². The Bertz CT molecular complexity index is 1050. The number of urea groups is 1. The summed E-state index contributed by atoms with van der Waals surface area (Å²) in [6.45, 7) is 4.40. The molecule has 0 bridgehead atoms. The molecule has 2 aliphatic heterocycles. The average Bonchev–Trinajstić information content (AvgIpc) is 3.02. The van der Waals surface area contributed by atoms with E-state index < -0.39 is 23.7 Å².